The molecule has 1 aromatic rings. The lowest BCUT2D eigenvalue weighted by Gasteiger charge is -2.22. The van der Waals surface area contributed by atoms with Gasteiger partial charge in [0.25, 0.3) is 0 Å². The van der Waals surface area contributed by atoms with Crippen LogP contribution in [0.1, 0.15) is 53.9 Å². The van der Waals surface area contributed by atoms with Crippen LogP contribution in [0.5, 0.6) is 5.75 Å². The third-order valence-corrected chi connectivity index (χ3v) is 3.82. The summed E-state index contributed by atoms with van der Waals surface area (Å²) in [6.07, 6.45) is 5.07. The molecule has 0 aromatic heterocycles. The van der Waals surface area contributed by atoms with Crippen LogP contribution in [0.15, 0.2) is 12.1 Å². The van der Waals surface area contributed by atoms with Crippen LogP contribution in [-0.2, 0) is 4.74 Å². The minimum atomic E-state index is -0.817. The van der Waals surface area contributed by atoms with Crippen molar-refractivity contribution in [2.45, 2.75) is 38.0 Å². The zero-order valence-electron chi connectivity index (χ0n) is 11.3. The highest BCUT2D eigenvalue weighted by Gasteiger charge is 2.30. The number of carbonyl (C=O) groups excluding carboxylic acids is 1. The first-order chi connectivity index (χ1) is 9.56. The first-order valence-corrected chi connectivity index (χ1v) is 6.64. The molecule has 1 aliphatic rings. The molecule has 6 heteroatoms. The van der Waals surface area contributed by atoms with Crippen molar-refractivity contribution in [3.05, 3.63) is 33.4 Å². The Morgan fingerprint density at radius 3 is 2.55 bits per heavy atom. The fourth-order valence-electron chi connectivity index (χ4n) is 2.80. The van der Waals surface area contributed by atoms with Crippen LogP contribution in [0, 0.1) is 10.1 Å². The van der Waals surface area contributed by atoms with Gasteiger partial charge in [0.1, 0.15) is 5.56 Å². The van der Waals surface area contributed by atoms with Gasteiger partial charge in [-0.1, -0.05) is 25.3 Å². The molecule has 0 aliphatic heterocycles. The first kappa shape index (κ1) is 14.3. The van der Waals surface area contributed by atoms with Gasteiger partial charge >= 0.3 is 11.7 Å². The summed E-state index contributed by atoms with van der Waals surface area (Å²) in [5.41, 5.74) is -0.210. The number of methoxy groups -OCH3 is 1. The van der Waals surface area contributed by atoms with E-state index in [0.29, 0.717) is 5.56 Å². The Bertz CT molecular complexity index is 535. The molecule has 0 radical (unpaired) electrons. The molecule has 0 bridgehead atoms. The minimum absolute atomic E-state index is 0.120. The summed E-state index contributed by atoms with van der Waals surface area (Å²) in [6.45, 7) is 0. The number of phenols is 1. The normalized spacial score (nSPS) is 15.8. The monoisotopic (exact) mass is 279 g/mol. The van der Waals surface area contributed by atoms with E-state index in [9.17, 15) is 20.0 Å². The van der Waals surface area contributed by atoms with E-state index >= 15 is 0 Å². The molecule has 0 amide bonds. The quantitative estimate of drug-likeness (QED) is 0.521. The number of carbonyl (C=O) groups is 1. The molecule has 0 heterocycles. The molecule has 20 heavy (non-hydrogen) atoms. The first-order valence-electron chi connectivity index (χ1n) is 6.64. The van der Waals surface area contributed by atoms with Gasteiger partial charge in [0.05, 0.1) is 12.0 Å². The summed E-state index contributed by atoms with van der Waals surface area (Å²) < 4.78 is 4.51. The van der Waals surface area contributed by atoms with E-state index in [1.54, 1.807) is 6.07 Å². The lowest BCUT2D eigenvalue weighted by atomic mass is 9.83. The van der Waals surface area contributed by atoms with E-state index in [2.05, 4.69) is 4.74 Å². The van der Waals surface area contributed by atoms with Gasteiger partial charge in [-0.2, -0.15) is 0 Å². The minimum Gasteiger partial charge on any atom is -0.502 e. The molecule has 0 unspecified atom stereocenters. The number of nitrogens with zero attached hydrogens (tertiary/aromatic N) is 1. The zero-order chi connectivity index (χ0) is 14.7. The standard InChI is InChI=1S/C14H17NO5/c1-20-14(17)11-8-7-10(9-5-3-2-4-6-9)13(16)12(11)15(18)19/h7-9,16H,2-6H2,1H3. The van der Waals surface area contributed by atoms with E-state index in [1.165, 1.54) is 6.07 Å². The molecule has 1 saturated carbocycles. The van der Waals surface area contributed by atoms with Crippen molar-refractivity contribution in [2.75, 3.05) is 7.11 Å². The summed E-state index contributed by atoms with van der Waals surface area (Å²) in [5.74, 6) is -1.10. The third-order valence-electron chi connectivity index (χ3n) is 3.82. The zero-order valence-corrected chi connectivity index (χ0v) is 11.3. The molecular formula is C14H17NO5. The van der Waals surface area contributed by atoms with Crippen molar-refractivity contribution < 1.29 is 19.6 Å². The fourth-order valence-corrected chi connectivity index (χ4v) is 2.80. The molecule has 6 nitrogen and oxygen atoms in total. The number of hydrogen-bond acceptors (Lipinski definition) is 5. The number of nitro benzene ring substituents is 1. The SMILES string of the molecule is COC(=O)c1ccc(C2CCCCC2)c(O)c1[N+](=O)[O-]. The van der Waals surface area contributed by atoms with Crippen LogP contribution in [0.3, 0.4) is 0 Å². The molecule has 0 saturated heterocycles. The Morgan fingerprint density at radius 1 is 1.35 bits per heavy atom. The van der Waals surface area contributed by atoms with Gasteiger partial charge in [-0.05, 0) is 24.8 Å². The molecule has 1 N–H and O–H groups in total. The maximum atomic E-state index is 11.5. The van der Waals surface area contributed by atoms with Gasteiger partial charge in [0.2, 0.25) is 0 Å². The molecule has 2 rings (SSSR count). The number of rotatable bonds is 3. The summed E-state index contributed by atoms with van der Waals surface area (Å²) in [7, 11) is 1.15. The number of benzene rings is 1. The van der Waals surface area contributed by atoms with Gasteiger partial charge < -0.3 is 9.84 Å². The Labute approximate surface area is 116 Å². The van der Waals surface area contributed by atoms with E-state index in [0.717, 1.165) is 39.2 Å². The number of esters is 1. The summed E-state index contributed by atoms with van der Waals surface area (Å²) in [4.78, 5) is 21.9. The second kappa shape index (κ2) is 5.90. The largest absolute Gasteiger partial charge is 0.502 e. The predicted molar refractivity (Wildman–Crippen MR) is 71.9 cm³/mol. The molecule has 1 aliphatic carbocycles. The van der Waals surface area contributed by atoms with Crippen LogP contribution in [0.25, 0.3) is 0 Å². The Hall–Kier alpha value is -2.11. The molecular weight excluding hydrogens is 262 g/mol. The number of ether oxygens (including phenoxy) is 1. The van der Waals surface area contributed by atoms with E-state index in [-0.39, 0.29) is 11.5 Å². The smallest absolute Gasteiger partial charge is 0.345 e. The lowest BCUT2D eigenvalue weighted by molar-refractivity contribution is -0.386. The van der Waals surface area contributed by atoms with Crippen molar-refractivity contribution >= 4 is 11.7 Å². The van der Waals surface area contributed by atoms with Crippen LogP contribution in [0.2, 0.25) is 0 Å². The second-order valence-electron chi connectivity index (χ2n) is 4.98. The van der Waals surface area contributed by atoms with Crippen molar-refractivity contribution in [3.63, 3.8) is 0 Å². The summed E-state index contributed by atoms with van der Waals surface area (Å²) >= 11 is 0. The van der Waals surface area contributed by atoms with E-state index < -0.39 is 22.3 Å². The molecule has 0 spiro atoms. The highest BCUT2D eigenvalue weighted by atomic mass is 16.6. The Balaban J connectivity index is 2.48. The maximum absolute atomic E-state index is 11.5. The van der Waals surface area contributed by atoms with Gasteiger partial charge in [0, 0.05) is 5.56 Å². The summed E-state index contributed by atoms with van der Waals surface area (Å²) in [5, 5.41) is 21.3. The van der Waals surface area contributed by atoms with Crippen molar-refractivity contribution in [2.24, 2.45) is 0 Å². The predicted octanol–water partition coefficient (Wildman–Crippen LogP) is 3.13. The van der Waals surface area contributed by atoms with Crippen LogP contribution in [0.4, 0.5) is 5.69 Å². The molecule has 1 fully saturated rings. The average Bonchev–Trinajstić information content (AvgIpc) is 2.46. The number of aromatic hydroxyl groups is 1. The number of phenolic OH excluding ortho intramolecular Hbond substituents is 1. The third kappa shape index (κ3) is 2.59. The fraction of sp³-hybridized carbons (Fsp3) is 0.500. The lowest BCUT2D eigenvalue weighted by Crippen LogP contribution is -2.10. The molecule has 1 aromatic carbocycles. The highest BCUT2D eigenvalue weighted by molar-refractivity contribution is 5.95. The van der Waals surface area contributed by atoms with Crippen LogP contribution < -0.4 is 0 Å². The van der Waals surface area contributed by atoms with Gasteiger partial charge in [-0.15, -0.1) is 0 Å². The topological polar surface area (TPSA) is 89.7 Å². The molecule has 0 atom stereocenters. The number of hydrogen-bond donors (Lipinski definition) is 1. The van der Waals surface area contributed by atoms with Crippen molar-refractivity contribution in [1.82, 2.24) is 0 Å². The van der Waals surface area contributed by atoms with Crippen molar-refractivity contribution in [3.8, 4) is 5.75 Å². The highest BCUT2D eigenvalue weighted by Crippen LogP contribution is 2.42. The Morgan fingerprint density at radius 2 is 2.00 bits per heavy atom. The maximum Gasteiger partial charge on any atom is 0.345 e. The second-order valence-corrected chi connectivity index (χ2v) is 4.98. The van der Waals surface area contributed by atoms with Gasteiger partial charge in [0.15, 0.2) is 5.75 Å². The van der Waals surface area contributed by atoms with Gasteiger partial charge in [-0.25, -0.2) is 4.79 Å². The summed E-state index contributed by atoms with van der Waals surface area (Å²) in [6, 6.07) is 2.97. The van der Waals surface area contributed by atoms with Crippen LogP contribution >= 0.6 is 0 Å². The van der Waals surface area contributed by atoms with Gasteiger partial charge in [-0.3, -0.25) is 10.1 Å². The van der Waals surface area contributed by atoms with E-state index in [4.69, 9.17) is 0 Å². The average molecular weight is 279 g/mol. The molecule has 108 valence electrons. The van der Waals surface area contributed by atoms with Crippen molar-refractivity contribution in [1.29, 1.82) is 0 Å². The Kier molecular flexibility index (Phi) is 4.22. The number of nitro groups is 1. The van der Waals surface area contributed by atoms with E-state index in [1.807, 2.05) is 0 Å². The van der Waals surface area contributed by atoms with Crippen LogP contribution in [-0.4, -0.2) is 23.1 Å².